The Bertz CT molecular complexity index is 271. The lowest BCUT2D eigenvalue weighted by Crippen LogP contribution is -2.17. The van der Waals surface area contributed by atoms with E-state index in [0.29, 0.717) is 0 Å². The van der Waals surface area contributed by atoms with Crippen molar-refractivity contribution in [3.8, 4) is 0 Å². The van der Waals surface area contributed by atoms with Crippen LogP contribution >= 0.6 is 28.3 Å². The molecule has 1 nitrogen and oxygen atoms in total. The molecule has 0 bridgehead atoms. The molecule has 1 fully saturated rings. The third kappa shape index (κ3) is 2.61. The molecule has 13 heavy (non-hydrogen) atoms. The number of hydrogen-bond acceptors (Lipinski definition) is 1. The van der Waals surface area contributed by atoms with E-state index in [1.807, 2.05) is 0 Å². The lowest BCUT2D eigenvalue weighted by Gasteiger charge is -2.17. The Hall–Kier alpha value is -0.210. The highest BCUT2D eigenvalue weighted by Gasteiger charge is 2.11. The summed E-state index contributed by atoms with van der Waals surface area (Å²) in [7, 11) is 0. The first-order valence-electron chi connectivity index (χ1n) is 4.37. The molecule has 0 atom stereocenters. The summed E-state index contributed by atoms with van der Waals surface area (Å²) in [5.74, 6) is 0. The predicted octanol–water partition coefficient (Wildman–Crippen LogP) is 3.47. The van der Waals surface area contributed by atoms with Gasteiger partial charge in [0.1, 0.15) is 0 Å². The van der Waals surface area contributed by atoms with Crippen molar-refractivity contribution in [2.75, 3.05) is 18.0 Å². The van der Waals surface area contributed by atoms with Gasteiger partial charge in [0.2, 0.25) is 0 Å². The second-order valence-electron chi connectivity index (χ2n) is 3.17. The highest BCUT2D eigenvalue weighted by molar-refractivity contribution is 9.10. The zero-order valence-corrected chi connectivity index (χ0v) is 9.77. The zero-order valence-electron chi connectivity index (χ0n) is 7.37. The molecule has 0 aromatic heterocycles. The van der Waals surface area contributed by atoms with E-state index in [4.69, 9.17) is 0 Å². The first-order valence-corrected chi connectivity index (χ1v) is 5.16. The van der Waals surface area contributed by atoms with Crippen molar-refractivity contribution in [1.82, 2.24) is 0 Å². The molecule has 1 aliphatic heterocycles. The molecule has 3 heteroatoms. The van der Waals surface area contributed by atoms with Crippen molar-refractivity contribution in [1.29, 1.82) is 0 Å². The molecule has 1 aromatic carbocycles. The summed E-state index contributed by atoms with van der Waals surface area (Å²) in [6.45, 7) is 2.44. The van der Waals surface area contributed by atoms with Crippen LogP contribution < -0.4 is 4.90 Å². The standard InChI is InChI=1S/C10H12BrN.ClH/c11-9-4-3-5-10(8-9)12-6-1-2-7-12;/h3-5,8H,1-2,6-7H2;1H. The SMILES string of the molecule is Brc1cccc(N2CCCC2)c1.Cl. The molecule has 0 aliphatic carbocycles. The number of hydrogen-bond donors (Lipinski definition) is 0. The fourth-order valence-electron chi connectivity index (χ4n) is 1.65. The minimum atomic E-state index is 0. The van der Waals surface area contributed by atoms with E-state index in [9.17, 15) is 0 Å². The van der Waals surface area contributed by atoms with Crippen LogP contribution in [0.4, 0.5) is 5.69 Å². The monoisotopic (exact) mass is 261 g/mol. The molecule has 0 N–H and O–H groups in total. The maximum atomic E-state index is 3.48. The third-order valence-electron chi connectivity index (χ3n) is 2.28. The smallest absolute Gasteiger partial charge is 0.0377 e. The van der Waals surface area contributed by atoms with Crippen molar-refractivity contribution in [2.45, 2.75) is 12.8 Å². The van der Waals surface area contributed by atoms with E-state index in [-0.39, 0.29) is 12.4 Å². The van der Waals surface area contributed by atoms with Crippen LogP contribution in [0.15, 0.2) is 28.7 Å². The van der Waals surface area contributed by atoms with Crippen LogP contribution in [0.25, 0.3) is 0 Å². The first-order chi connectivity index (χ1) is 5.86. The van der Waals surface area contributed by atoms with Gasteiger partial charge in [-0.2, -0.15) is 0 Å². The fourth-order valence-corrected chi connectivity index (χ4v) is 2.04. The van der Waals surface area contributed by atoms with Crippen molar-refractivity contribution < 1.29 is 0 Å². The van der Waals surface area contributed by atoms with Crippen LogP contribution in [0, 0.1) is 0 Å². The van der Waals surface area contributed by atoms with Gasteiger partial charge in [-0.05, 0) is 31.0 Å². The van der Waals surface area contributed by atoms with Gasteiger partial charge < -0.3 is 4.90 Å². The molecule has 0 spiro atoms. The second-order valence-corrected chi connectivity index (χ2v) is 4.09. The molecule has 0 unspecified atom stereocenters. The normalized spacial score (nSPS) is 15.6. The molecule has 0 saturated carbocycles. The topological polar surface area (TPSA) is 3.24 Å². The Morgan fingerprint density at radius 3 is 2.46 bits per heavy atom. The van der Waals surface area contributed by atoms with E-state index in [2.05, 4.69) is 45.1 Å². The average Bonchev–Trinajstić information content (AvgIpc) is 2.56. The zero-order chi connectivity index (χ0) is 8.39. The van der Waals surface area contributed by atoms with Gasteiger partial charge in [-0.25, -0.2) is 0 Å². The van der Waals surface area contributed by atoms with Gasteiger partial charge >= 0.3 is 0 Å². The van der Waals surface area contributed by atoms with E-state index in [1.165, 1.54) is 36.1 Å². The highest BCUT2D eigenvalue weighted by atomic mass is 79.9. The van der Waals surface area contributed by atoms with Gasteiger partial charge in [-0.1, -0.05) is 22.0 Å². The van der Waals surface area contributed by atoms with Crippen molar-refractivity contribution in [3.05, 3.63) is 28.7 Å². The lowest BCUT2D eigenvalue weighted by molar-refractivity contribution is 0.949. The Morgan fingerprint density at radius 2 is 1.85 bits per heavy atom. The van der Waals surface area contributed by atoms with Crippen molar-refractivity contribution >= 4 is 34.0 Å². The van der Waals surface area contributed by atoms with Gasteiger partial charge in [0.05, 0.1) is 0 Å². The Kier molecular flexibility index (Phi) is 4.07. The minimum absolute atomic E-state index is 0. The van der Waals surface area contributed by atoms with E-state index in [1.54, 1.807) is 0 Å². The Labute approximate surface area is 93.7 Å². The summed E-state index contributed by atoms with van der Waals surface area (Å²) in [6, 6.07) is 8.53. The van der Waals surface area contributed by atoms with Crippen LogP contribution in [0.1, 0.15) is 12.8 Å². The largest absolute Gasteiger partial charge is 0.372 e. The average molecular weight is 263 g/mol. The number of halogens is 2. The van der Waals surface area contributed by atoms with Gasteiger partial charge in [0, 0.05) is 23.2 Å². The molecule has 1 saturated heterocycles. The van der Waals surface area contributed by atoms with Crippen molar-refractivity contribution in [3.63, 3.8) is 0 Å². The Morgan fingerprint density at radius 1 is 1.15 bits per heavy atom. The van der Waals surface area contributed by atoms with E-state index < -0.39 is 0 Å². The molecule has 1 aromatic rings. The Balaban J connectivity index is 0.000000845. The van der Waals surface area contributed by atoms with Gasteiger partial charge in [-0.15, -0.1) is 12.4 Å². The fraction of sp³-hybridized carbons (Fsp3) is 0.400. The molecule has 1 heterocycles. The van der Waals surface area contributed by atoms with Crippen LogP contribution in [-0.4, -0.2) is 13.1 Å². The van der Waals surface area contributed by atoms with Gasteiger partial charge in [0.15, 0.2) is 0 Å². The number of anilines is 1. The van der Waals surface area contributed by atoms with Crippen molar-refractivity contribution in [2.24, 2.45) is 0 Å². The van der Waals surface area contributed by atoms with Crippen LogP contribution in [0.2, 0.25) is 0 Å². The highest BCUT2D eigenvalue weighted by Crippen LogP contribution is 2.23. The second kappa shape index (κ2) is 4.87. The maximum absolute atomic E-state index is 3.48. The molecule has 0 amide bonds. The summed E-state index contributed by atoms with van der Waals surface area (Å²) in [4.78, 5) is 2.44. The summed E-state index contributed by atoms with van der Waals surface area (Å²) in [5, 5.41) is 0. The van der Waals surface area contributed by atoms with Gasteiger partial charge in [0.25, 0.3) is 0 Å². The lowest BCUT2D eigenvalue weighted by atomic mass is 10.3. The third-order valence-corrected chi connectivity index (χ3v) is 2.77. The molecule has 2 rings (SSSR count). The summed E-state index contributed by atoms with van der Waals surface area (Å²) in [6.07, 6.45) is 2.68. The van der Waals surface area contributed by atoms with Gasteiger partial charge in [-0.3, -0.25) is 0 Å². The number of rotatable bonds is 1. The molecular weight excluding hydrogens is 249 g/mol. The van der Waals surface area contributed by atoms with Crippen LogP contribution in [-0.2, 0) is 0 Å². The first kappa shape index (κ1) is 10.9. The summed E-state index contributed by atoms with van der Waals surface area (Å²) >= 11 is 3.48. The van der Waals surface area contributed by atoms with E-state index >= 15 is 0 Å². The minimum Gasteiger partial charge on any atom is -0.372 e. The number of nitrogens with zero attached hydrogens (tertiary/aromatic N) is 1. The van der Waals surface area contributed by atoms with Crippen LogP contribution in [0.3, 0.4) is 0 Å². The molecule has 72 valence electrons. The predicted molar refractivity (Wildman–Crippen MR) is 62.8 cm³/mol. The quantitative estimate of drug-likeness (QED) is 0.749. The van der Waals surface area contributed by atoms with Crippen LogP contribution in [0.5, 0.6) is 0 Å². The maximum Gasteiger partial charge on any atom is 0.0377 e. The number of benzene rings is 1. The summed E-state index contributed by atoms with van der Waals surface area (Å²) < 4.78 is 1.17. The molecule has 0 radical (unpaired) electrons. The molecule has 1 aliphatic rings. The summed E-state index contributed by atoms with van der Waals surface area (Å²) in [5.41, 5.74) is 1.35. The molecular formula is C10H13BrClN. The van der Waals surface area contributed by atoms with E-state index in [0.717, 1.165) is 0 Å².